The highest BCUT2D eigenvalue weighted by Gasteiger charge is 2.18. The number of hydrazine groups is 1. The van der Waals surface area contributed by atoms with Crippen LogP contribution in [0.5, 0.6) is 6.01 Å². The van der Waals surface area contributed by atoms with Crippen molar-refractivity contribution in [1.82, 2.24) is 15.0 Å². The van der Waals surface area contributed by atoms with Gasteiger partial charge in [0.05, 0.1) is 6.10 Å². The topological polar surface area (TPSA) is 98.4 Å². The van der Waals surface area contributed by atoms with Crippen molar-refractivity contribution in [1.29, 1.82) is 0 Å². The summed E-state index contributed by atoms with van der Waals surface area (Å²) in [6.45, 7) is 6.37. The minimum Gasteiger partial charge on any atom is -0.461 e. The minimum absolute atomic E-state index is 0.00771. The quantitative estimate of drug-likeness (QED) is 0.588. The van der Waals surface area contributed by atoms with Crippen molar-refractivity contribution in [2.45, 2.75) is 32.8 Å². The number of hydrogen-bond acceptors (Lipinski definition) is 8. The maximum absolute atomic E-state index is 5.53. The van der Waals surface area contributed by atoms with E-state index in [1.807, 2.05) is 25.8 Å². The second-order valence-corrected chi connectivity index (χ2v) is 5.49. The van der Waals surface area contributed by atoms with E-state index in [0.717, 1.165) is 32.6 Å². The van der Waals surface area contributed by atoms with E-state index in [9.17, 15) is 0 Å². The summed E-state index contributed by atoms with van der Waals surface area (Å²) in [7, 11) is 1.96. The highest BCUT2D eigenvalue weighted by atomic mass is 16.5. The summed E-state index contributed by atoms with van der Waals surface area (Å²) in [6.07, 6.45) is 2.12. The Morgan fingerprint density at radius 2 is 2.05 bits per heavy atom. The van der Waals surface area contributed by atoms with Gasteiger partial charge < -0.3 is 14.4 Å². The van der Waals surface area contributed by atoms with Crippen molar-refractivity contribution >= 4 is 11.9 Å². The van der Waals surface area contributed by atoms with Crippen molar-refractivity contribution in [2.24, 2.45) is 11.8 Å². The second-order valence-electron chi connectivity index (χ2n) is 5.49. The molecule has 2 heterocycles. The van der Waals surface area contributed by atoms with E-state index < -0.39 is 0 Å². The summed E-state index contributed by atoms with van der Waals surface area (Å²) >= 11 is 0. The van der Waals surface area contributed by atoms with Gasteiger partial charge in [-0.15, -0.1) is 0 Å². The van der Waals surface area contributed by atoms with Gasteiger partial charge in [-0.25, -0.2) is 5.84 Å². The summed E-state index contributed by atoms with van der Waals surface area (Å²) in [5, 5.41) is 0. The van der Waals surface area contributed by atoms with E-state index >= 15 is 0 Å². The predicted octanol–water partition coefficient (Wildman–Crippen LogP) is 0.807. The first kappa shape index (κ1) is 15.7. The molecule has 1 aromatic rings. The summed E-state index contributed by atoms with van der Waals surface area (Å²) in [4.78, 5) is 14.7. The molecule has 1 aliphatic heterocycles. The number of hydrogen-bond donors (Lipinski definition) is 2. The average Bonchev–Trinajstić information content (AvgIpc) is 2.47. The number of rotatable bonds is 6. The molecular weight excluding hydrogens is 272 g/mol. The zero-order valence-electron chi connectivity index (χ0n) is 12.9. The molecule has 0 radical (unpaired) electrons. The fraction of sp³-hybridized carbons (Fsp3) is 0.769. The third-order valence-corrected chi connectivity index (χ3v) is 3.29. The molecule has 1 aromatic heterocycles. The van der Waals surface area contributed by atoms with Crippen LogP contribution in [0.3, 0.4) is 0 Å². The predicted molar refractivity (Wildman–Crippen MR) is 80.2 cm³/mol. The van der Waals surface area contributed by atoms with Crippen molar-refractivity contribution < 1.29 is 9.47 Å². The highest BCUT2D eigenvalue weighted by Crippen LogP contribution is 2.19. The molecule has 118 valence electrons. The van der Waals surface area contributed by atoms with Gasteiger partial charge in [-0.2, -0.15) is 15.0 Å². The number of nitrogens with one attached hydrogen (secondary N) is 1. The zero-order valence-corrected chi connectivity index (χ0v) is 12.9. The third-order valence-electron chi connectivity index (χ3n) is 3.29. The Bertz CT molecular complexity index is 450. The fourth-order valence-electron chi connectivity index (χ4n) is 2.24. The van der Waals surface area contributed by atoms with E-state index in [-0.39, 0.29) is 12.1 Å². The molecule has 1 fully saturated rings. The minimum atomic E-state index is -0.00771. The molecule has 8 heteroatoms. The van der Waals surface area contributed by atoms with Crippen LogP contribution < -0.4 is 20.9 Å². The molecule has 3 N–H and O–H groups in total. The zero-order chi connectivity index (χ0) is 15.2. The SMILES string of the molecule is CC(C)Oc1nc(NN)nc(N(C)CC2CCOCC2)n1. The number of nitrogen functional groups attached to an aromatic ring is 1. The molecule has 21 heavy (non-hydrogen) atoms. The molecule has 8 nitrogen and oxygen atoms in total. The summed E-state index contributed by atoms with van der Waals surface area (Å²) in [5.74, 6) is 6.85. The van der Waals surface area contributed by atoms with Gasteiger partial charge in [0.15, 0.2) is 0 Å². The average molecular weight is 296 g/mol. The van der Waals surface area contributed by atoms with Crippen molar-refractivity contribution in [3.05, 3.63) is 0 Å². The molecule has 0 saturated carbocycles. The maximum atomic E-state index is 5.53. The van der Waals surface area contributed by atoms with Crippen LogP contribution in [0.2, 0.25) is 0 Å². The van der Waals surface area contributed by atoms with Gasteiger partial charge in [0, 0.05) is 26.8 Å². The standard InChI is InChI=1S/C13H24N6O2/c1-9(2)21-13-16-11(18-14)15-12(17-13)19(3)8-10-4-6-20-7-5-10/h9-10H,4-8,14H2,1-3H3,(H,15,16,17,18). The van der Waals surface area contributed by atoms with Crippen LogP contribution in [-0.4, -0.2) is 47.9 Å². The maximum Gasteiger partial charge on any atom is 0.323 e. The van der Waals surface area contributed by atoms with Gasteiger partial charge in [-0.3, -0.25) is 5.43 Å². The first-order valence-corrected chi connectivity index (χ1v) is 7.26. The molecule has 0 unspecified atom stereocenters. The van der Waals surface area contributed by atoms with E-state index in [0.29, 0.717) is 17.8 Å². The molecule has 0 bridgehead atoms. The lowest BCUT2D eigenvalue weighted by Gasteiger charge is -2.27. The van der Waals surface area contributed by atoms with Crippen LogP contribution in [-0.2, 0) is 4.74 Å². The van der Waals surface area contributed by atoms with Crippen LogP contribution in [0, 0.1) is 5.92 Å². The molecule has 0 spiro atoms. The molecule has 2 rings (SSSR count). The lowest BCUT2D eigenvalue weighted by Crippen LogP contribution is -2.31. The summed E-state index contributed by atoms with van der Waals surface area (Å²) in [5.41, 5.74) is 2.45. The van der Waals surface area contributed by atoms with Crippen molar-refractivity contribution in [2.75, 3.05) is 37.1 Å². The van der Waals surface area contributed by atoms with Crippen molar-refractivity contribution in [3.63, 3.8) is 0 Å². The Hall–Kier alpha value is -1.67. The van der Waals surface area contributed by atoms with Crippen LogP contribution in [0.1, 0.15) is 26.7 Å². The van der Waals surface area contributed by atoms with Crippen LogP contribution in [0.25, 0.3) is 0 Å². The van der Waals surface area contributed by atoms with Gasteiger partial charge in [0.2, 0.25) is 11.9 Å². The Morgan fingerprint density at radius 3 is 2.67 bits per heavy atom. The number of aromatic nitrogens is 3. The van der Waals surface area contributed by atoms with Crippen molar-refractivity contribution in [3.8, 4) is 6.01 Å². The van der Waals surface area contributed by atoms with Crippen LogP contribution in [0.4, 0.5) is 11.9 Å². The number of nitrogens with zero attached hydrogens (tertiary/aromatic N) is 4. The Morgan fingerprint density at radius 1 is 1.33 bits per heavy atom. The first-order chi connectivity index (χ1) is 10.1. The van der Waals surface area contributed by atoms with E-state index in [4.69, 9.17) is 15.3 Å². The van der Waals surface area contributed by atoms with E-state index in [2.05, 4.69) is 20.4 Å². The number of ether oxygens (including phenoxy) is 2. The summed E-state index contributed by atoms with van der Waals surface area (Å²) in [6, 6.07) is 0.279. The molecule has 1 saturated heterocycles. The molecule has 0 amide bonds. The molecule has 0 atom stereocenters. The van der Waals surface area contributed by atoms with Crippen LogP contribution in [0.15, 0.2) is 0 Å². The third kappa shape index (κ3) is 4.68. The monoisotopic (exact) mass is 296 g/mol. The second kappa shape index (κ2) is 7.37. The van der Waals surface area contributed by atoms with E-state index in [1.165, 1.54) is 0 Å². The normalized spacial score (nSPS) is 16.0. The molecule has 0 aromatic carbocycles. The Balaban J connectivity index is 2.08. The van der Waals surface area contributed by atoms with E-state index in [1.54, 1.807) is 0 Å². The largest absolute Gasteiger partial charge is 0.461 e. The number of anilines is 2. The smallest absolute Gasteiger partial charge is 0.323 e. The highest BCUT2D eigenvalue weighted by molar-refractivity contribution is 5.37. The van der Waals surface area contributed by atoms with Gasteiger partial charge >= 0.3 is 6.01 Å². The summed E-state index contributed by atoms with van der Waals surface area (Å²) < 4.78 is 10.9. The molecular formula is C13H24N6O2. The lowest BCUT2D eigenvalue weighted by molar-refractivity contribution is 0.0684. The number of nitrogens with two attached hydrogens (primary N) is 1. The van der Waals surface area contributed by atoms with Gasteiger partial charge in [0.1, 0.15) is 0 Å². The fourth-order valence-corrected chi connectivity index (χ4v) is 2.24. The lowest BCUT2D eigenvalue weighted by atomic mass is 10.0. The first-order valence-electron chi connectivity index (χ1n) is 7.26. The van der Waals surface area contributed by atoms with Crippen LogP contribution >= 0.6 is 0 Å². The van der Waals surface area contributed by atoms with Gasteiger partial charge in [0.25, 0.3) is 0 Å². The molecule has 1 aliphatic rings. The van der Waals surface area contributed by atoms with Gasteiger partial charge in [-0.1, -0.05) is 0 Å². The Kier molecular flexibility index (Phi) is 5.51. The Labute approximate surface area is 125 Å². The molecule has 0 aliphatic carbocycles. The van der Waals surface area contributed by atoms with Gasteiger partial charge in [-0.05, 0) is 32.6 Å².